The minimum atomic E-state index is 0.838. The molecule has 1 heteroatoms. The highest BCUT2D eigenvalue weighted by Crippen LogP contribution is 2.57. The quantitative estimate of drug-likeness (QED) is 0.401. The fourth-order valence-corrected chi connectivity index (χ4v) is 7.98. The van der Waals surface area contributed by atoms with Crippen molar-refractivity contribution in [2.75, 3.05) is 0 Å². The maximum Gasteiger partial charge on any atom is -0.00832 e. The molecule has 0 aliphatic heterocycles. The Labute approximate surface area is 162 Å². The molecule has 0 bridgehead atoms. The van der Waals surface area contributed by atoms with Crippen LogP contribution in [0.2, 0.25) is 0 Å². The molecule has 0 saturated heterocycles. The van der Waals surface area contributed by atoms with Crippen molar-refractivity contribution >= 4 is 15.9 Å². The summed E-state index contributed by atoms with van der Waals surface area (Å²) in [4.78, 5) is 0. The second kappa shape index (κ2) is 7.02. The Balaban J connectivity index is 1.49. The molecule has 5 rings (SSSR count). The van der Waals surface area contributed by atoms with Crippen molar-refractivity contribution in [3.8, 4) is 0 Å². The van der Waals surface area contributed by atoms with E-state index in [1.807, 2.05) is 5.57 Å². The van der Waals surface area contributed by atoms with E-state index in [9.17, 15) is 0 Å². The maximum absolute atomic E-state index is 3.82. The van der Waals surface area contributed by atoms with Crippen LogP contribution in [0.5, 0.6) is 0 Å². The molecular weight excluding hydrogens is 368 g/mol. The molecule has 7 atom stereocenters. The number of hydrogen-bond donors (Lipinski definition) is 0. The topological polar surface area (TPSA) is 0 Å². The van der Waals surface area contributed by atoms with E-state index in [0.29, 0.717) is 0 Å². The number of hydrogen-bond acceptors (Lipinski definition) is 0. The van der Waals surface area contributed by atoms with E-state index in [-0.39, 0.29) is 0 Å². The molecule has 2 saturated carbocycles. The number of rotatable bonds is 1. The highest BCUT2D eigenvalue weighted by atomic mass is 79.9. The largest absolute Gasteiger partial charge is 0.0882 e. The highest BCUT2D eigenvalue weighted by molar-refractivity contribution is 9.11. The predicted molar refractivity (Wildman–Crippen MR) is 109 cm³/mol. The van der Waals surface area contributed by atoms with Crippen LogP contribution >= 0.6 is 15.9 Å². The molecule has 0 heterocycles. The third-order valence-electron chi connectivity index (χ3n) is 8.36. The molecule has 2 fully saturated rings. The van der Waals surface area contributed by atoms with Gasteiger partial charge in [0.1, 0.15) is 0 Å². The van der Waals surface area contributed by atoms with Gasteiger partial charge in [-0.25, -0.2) is 0 Å². The van der Waals surface area contributed by atoms with E-state index >= 15 is 0 Å². The second-order valence-corrected chi connectivity index (χ2v) is 10.5. The fraction of sp³-hybridized carbons (Fsp3) is 0.750. The summed E-state index contributed by atoms with van der Waals surface area (Å²) in [5, 5.41) is 0. The molecule has 0 aromatic carbocycles. The molecule has 0 N–H and O–H groups in total. The van der Waals surface area contributed by atoms with Crippen LogP contribution in [0.15, 0.2) is 34.4 Å². The summed E-state index contributed by atoms with van der Waals surface area (Å²) in [6.45, 7) is 0. The Hall–Kier alpha value is -0.300. The van der Waals surface area contributed by atoms with E-state index in [1.54, 1.807) is 0 Å². The van der Waals surface area contributed by atoms with Crippen molar-refractivity contribution in [3.63, 3.8) is 0 Å². The van der Waals surface area contributed by atoms with Crippen LogP contribution in [0.4, 0.5) is 0 Å². The van der Waals surface area contributed by atoms with Crippen LogP contribution in [-0.4, -0.2) is 0 Å². The SMILES string of the molecule is BrC1=CCCC(C2=CC3CCC4CCC=CC4C3C3CCCCC23)C1. The standard InChI is InChI=1S/C24H33Br/c25-19-8-5-7-17(14-19)23-15-18-13-12-16-6-1-2-9-20(16)24(18)22-11-4-3-10-21(22)23/h2,8-9,15-18,20-22,24H,1,3-7,10-14H2. The van der Waals surface area contributed by atoms with E-state index < -0.39 is 0 Å². The summed E-state index contributed by atoms with van der Waals surface area (Å²) in [6.07, 6.45) is 26.2. The molecule has 25 heavy (non-hydrogen) atoms. The van der Waals surface area contributed by atoms with Gasteiger partial charge in [-0.15, -0.1) is 0 Å². The molecular formula is C24H33Br. The van der Waals surface area contributed by atoms with Gasteiger partial charge in [-0.1, -0.05) is 58.6 Å². The zero-order valence-corrected chi connectivity index (χ0v) is 17.1. The van der Waals surface area contributed by atoms with Crippen molar-refractivity contribution < 1.29 is 0 Å². The van der Waals surface area contributed by atoms with E-state index in [2.05, 4.69) is 40.2 Å². The smallest absolute Gasteiger partial charge is 0.00832 e. The first kappa shape index (κ1) is 16.8. The Morgan fingerprint density at radius 2 is 1.84 bits per heavy atom. The minimum absolute atomic E-state index is 0.838. The van der Waals surface area contributed by atoms with Crippen molar-refractivity contribution in [3.05, 3.63) is 34.4 Å². The van der Waals surface area contributed by atoms with Crippen LogP contribution in [0, 0.1) is 41.4 Å². The summed E-state index contributed by atoms with van der Waals surface area (Å²) in [5.41, 5.74) is 1.91. The van der Waals surface area contributed by atoms with Gasteiger partial charge in [0, 0.05) is 0 Å². The Morgan fingerprint density at radius 3 is 2.76 bits per heavy atom. The minimum Gasteiger partial charge on any atom is -0.0882 e. The molecule has 0 aromatic rings. The van der Waals surface area contributed by atoms with Crippen LogP contribution in [0.25, 0.3) is 0 Å². The lowest BCUT2D eigenvalue weighted by Crippen LogP contribution is -2.46. The van der Waals surface area contributed by atoms with Crippen LogP contribution in [0.1, 0.15) is 70.6 Å². The highest BCUT2D eigenvalue weighted by Gasteiger charge is 2.48. The lowest BCUT2D eigenvalue weighted by atomic mass is 9.51. The van der Waals surface area contributed by atoms with Crippen molar-refractivity contribution in [2.45, 2.75) is 70.6 Å². The lowest BCUT2D eigenvalue weighted by Gasteiger charge is -2.54. The molecule has 0 radical (unpaired) electrons. The molecule has 136 valence electrons. The average Bonchev–Trinajstić information content (AvgIpc) is 2.67. The summed E-state index contributed by atoms with van der Waals surface area (Å²) >= 11 is 3.82. The summed E-state index contributed by atoms with van der Waals surface area (Å²) in [6, 6.07) is 0. The first-order valence-corrected chi connectivity index (χ1v) is 11.8. The predicted octanol–water partition coefficient (Wildman–Crippen LogP) is 7.42. The monoisotopic (exact) mass is 400 g/mol. The van der Waals surface area contributed by atoms with Crippen molar-refractivity contribution in [1.82, 2.24) is 0 Å². The van der Waals surface area contributed by atoms with Gasteiger partial charge < -0.3 is 0 Å². The van der Waals surface area contributed by atoms with Gasteiger partial charge in [0.15, 0.2) is 0 Å². The third kappa shape index (κ3) is 3.03. The lowest BCUT2D eigenvalue weighted by molar-refractivity contribution is 0.0286. The molecule has 0 nitrogen and oxygen atoms in total. The fourth-order valence-electron chi connectivity index (χ4n) is 7.36. The van der Waals surface area contributed by atoms with Gasteiger partial charge in [-0.2, -0.15) is 0 Å². The van der Waals surface area contributed by atoms with Gasteiger partial charge in [-0.05, 0) is 104 Å². The summed E-state index contributed by atoms with van der Waals surface area (Å²) in [7, 11) is 0. The molecule has 0 amide bonds. The van der Waals surface area contributed by atoms with E-state index in [1.165, 1.54) is 75.1 Å². The molecule has 0 spiro atoms. The summed E-state index contributed by atoms with van der Waals surface area (Å²) in [5.74, 6) is 6.55. The van der Waals surface area contributed by atoms with Gasteiger partial charge in [0.2, 0.25) is 0 Å². The number of fused-ring (bicyclic) bond motifs is 5. The molecule has 5 aliphatic carbocycles. The molecule has 0 aromatic heterocycles. The van der Waals surface area contributed by atoms with Crippen LogP contribution < -0.4 is 0 Å². The van der Waals surface area contributed by atoms with Crippen LogP contribution in [0.3, 0.4) is 0 Å². The zero-order chi connectivity index (χ0) is 16.8. The number of allylic oxidation sites excluding steroid dienone is 6. The normalized spacial score (nSPS) is 46.4. The second-order valence-electron chi connectivity index (χ2n) is 9.51. The Morgan fingerprint density at radius 1 is 0.920 bits per heavy atom. The molecule has 5 aliphatic rings. The van der Waals surface area contributed by atoms with E-state index in [0.717, 1.165) is 41.4 Å². The van der Waals surface area contributed by atoms with Gasteiger partial charge >= 0.3 is 0 Å². The number of halogens is 1. The first-order chi connectivity index (χ1) is 12.3. The average molecular weight is 401 g/mol. The summed E-state index contributed by atoms with van der Waals surface area (Å²) < 4.78 is 1.47. The van der Waals surface area contributed by atoms with Gasteiger partial charge in [-0.3, -0.25) is 0 Å². The van der Waals surface area contributed by atoms with Gasteiger partial charge in [0.25, 0.3) is 0 Å². The van der Waals surface area contributed by atoms with E-state index in [4.69, 9.17) is 0 Å². The Kier molecular flexibility index (Phi) is 4.73. The van der Waals surface area contributed by atoms with Crippen molar-refractivity contribution in [2.24, 2.45) is 41.4 Å². The first-order valence-electron chi connectivity index (χ1n) is 11.0. The third-order valence-corrected chi connectivity index (χ3v) is 9.01. The van der Waals surface area contributed by atoms with Crippen molar-refractivity contribution in [1.29, 1.82) is 0 Å². The molecule has 7 unspecified atom stereocenters. The van der Waals surface area contributed by atoms with Gasteiger partial charge in [0.05, 0.1) is 0 Å². The van der Waals surface area contributed by atoms with Crippen LogP contribution in [-0.2, 0) is 0 Å². The Bertz CT molecular complexity index is 597. The maximum atomic E-state index is 3.82. The zero-order valence-electron chi connectivity index (χ0n) is 15.5.